The topological polar surface area (TPSA) is 28.2 Å². The van der Waals surface area contributed by atoms with Gasteiger partial charge in [-0.3, -0.25) is 0 Å². The van der Waals surface area contributed by atoms with Gasteiger partial charge in [0.05, 0.1) is 0 Å². The quantitative estimate of drug-likeness (QED) is 0.895. The molecule has 0 aliphatic carbocycles. The third-order valence-electron chi connectivity index (χ3n) is 3.85. The molecule has 3 heteroatoms. The van der Waals surface area contributed by atoms with Crippen LogP contribution in [0.25, 0.3) is 10.8 Å². The SMILES string of the molecule is CN1CCCC1CNc1nccc2ccccc12. The molecule has 1 saturated heterocycles. The van der Waals surface area contributed by atoms with E-state index < -0.39 is 0 Å². The molecule has 0 radical (unpaired) electrons. The standard InChI is InChI=1S/C15H19N3/c1-18-10-4-6-13(18)11-17-15-14-7-3-2-5-12(14)8-9-16-15/h2-3,5,7-9,13H,4,6,10-11H2,1H3,(H,16,17). The van der Waals surface area contributed by atoms with Crippen LogP contribution in [0, 0.1) is 0 Å². The minimum Gasteiger partial charge on any atom is -0.368 e. The Morgan fingerprint density at radius 2 is 2.22 bits per heavy atom. The molecule has 3 nitrogen and oxygen atoms in total. The molecular formula is C15H19N3. The van der Waals surface area contributed by atoms with E-state index in [1.807, 2.05) is 6.20 Å². The van der Waals surface area contributed by atoms with E-state index >= 15 is 0 Å². The number of nitrogens with one attached hydrogen (secondary N) is 1. The summed E-state index contributed by atoms with van der Waals surface area (Å²) in [6, 6.07) is 11.1. The van der Waals surface area contributed by atoms with E-state index in [1.54, 1.807) is 0 Å². The van der Waals surface area contributed by atoms with Gasteiger partial charge in [-0.05, 0) is 37.9 Å². The lowest BCUT2D eigenvalue weighted by molar-refractivity contribution is 0.322. The van der Waals surface area contributed by atoms with Crippen LogP contribution >= 0.6 is 0 Å². The Bertz CT molecular complexity index is 533. The van der Waals surface area contributed by atoms with Gasteiger partial charge in [0.25, 0.3) is 0 Å². The van der Waals surface area contributed by atoms with Crippen molar-refractivity contribution in [2.24, 2.45) is 0 Å². The number of likely N-dealkylation sites (tertiary alicyclic amines) is 1. The Balaban J connectivity index is 1.78. The summed E-state index contributed by atoms with van der Waals surface area (Å²) >= 11 is 0. The molecule has 3 rings (SSSR count). The Kier molecular flexibility index (Phi) is 3.15. The number of likely N-dealkylation sites (N-methyl/N-ethyl adjacent to an activating group) is 1. The molecule has 1 aromatic carbocycles. The van der Waals surface area contributed by atoms with Crippen molar-refractivity contribution in [3.8, 4) is 0 Å². The fourth-order valence-electron chi connectivity index (χ4n) is 2.71. The maximum atomic E-state index is 4.46. The second kappa shape index (κ2) is 4.94. The number of nitrogens with zero attached hydrogens (tertiary/aromatic N) is 2. The van der Waals surface area contributed by atoms with Crippen molar-refractivity contribution in [2.45, 2.75) is 18.9 Å². The molecule has 1 N–H and O–H groups in total. The number of benzene rings is 1. The van der Waals surface area contributed by atoms with Crippen molar-refractivity contribution in [1.82, 2.24) is 9.88 Å². The van der Waals surface area contributed by atoms with E-state index in [-0.39, 0.29) is 0 Å². The smallest absolute Gasteiger partial charge is 0.133 e. The second-order valence-electron chi connectivity index (χ2n) is 5.04. The van der Waals surface area contributed by atoms with E-state index in [0.717, 1.165) is 12.4 Å². The van der Waals surface area contributed by atoms with E-state index in [2.05, 4.69) is 52.6 Å². The zero-order chi connectivity index (χ0) is 12.4. The maximum Gasteiger partial charge on any atom is 0.133 e. The summed E-state index contributed by atoms with van der Waals surface area (Å²) in [4.78, 5) is 6.89. The summed E-state index contributed by atoms with van der Waals surface area (Å²) in [6.07, 6.45) is 4.48. The molecule has 2 heterocycles. The van der Waals surface area contributed by atoms with Crippen LogP contribution in [0.2, 0.25) is 0 Å². The van der Waals surface area contributed by atoms with Crippen molar-refractivity contribution in [2.75, 3.05) is 25.5 Å². The van der Waals surface area contributed by atoms with Crippen molar-refractivity contribution in [3.05, 3.63) is 36.5 Å². The number of hydrogen-bond donors (Lipinski definition) is 1. The first-order valence-electron chi connectivity index (χ1n) is 6.62. The predicted octanol–water partition coefficient (Wildman–Crippen LogP) is 2.74. The molecular weight excluding hydrogens is 222 g/mol. The van der Waals surface area contributed by atoms with Gasteiger partial charge in [-0.2, -0.15) is 0 Å². The summed E-state index contributed by atoms with van der Waals surface area (Å²) in [7, 11) is 2.20. The van der Waals surface area contributed by atoms with Gasteiger partial charge in [0, 0.05) is 24.2 Å². The maximum absolute atomic E-state index is 4.46. The summed E-state index contributed by atoms with van der Waals surface area (Å²) in [6.45, 7) is 2.20. The minimum atomic E-state index is 0.644. The van der Waals surface area contributed by atoms with Crippen molar-refractivity contribution in [3.63, 3.8) is 0 Å². The van der Waals surface area contributed by atoms with Gasteiger partial charge in [-0.15, -0.1) is 0 Å². The van der Waals surface area contributed by atoms with Gasteiger partial charge in [0.15, 0.2) is 0 Å². The van der Waals surface area contributed by atoms with Crippen LogP contribution in [0.1, 0.15) is 12.8 Å². The van der Waals surface area contributed by atoms with Crippen LogP contribution < -0.4 is 5.32 Å². The van der Waals surface area contributed by atoms with Crippen LogP contribution in [0.4, 0.5) is 5.82 Å². The Labute approximate surface area is 108 Å². The lowest BCUT2D eigenvalue weighted by atomic mass is 10.1. The zero-order valence-corrected chi connectivity index (χ0v) is 10.8. The lowest BCUT2D eigenvalue weighted by Gasteiger charge is -2.20. The molecule has 94 valence electrons. The normalized spacial score (nSPS) is 20.4. The molecule has 0 spiro atoms. The summed E-state index contributed by atoms with van der Waals surface area (Å²) in [5, 5.41) is 5.96. The van der Waals surface area contributed by atoms with Crippen molar-refractivity contribution in [1.29, 1.82) is 0 Å². The molecule has 0 saturated carbocycles. The molecule has 1 aliphatic heterocycles. The largest absolute Gasteiger partial charge is 0.368 e. The van der Waals surface area contributed by atoms with Crippen LogP contribution in [0.15, 0.2) is 36.5 Å². The highest BCUT2D eigenvalue weighted by Gasteiger charge is 2.20. The number of fused-ring (bicyclic) bond motifs is 1. The van der Waals surface area contributed by atoms with Crippen LogP contribution in [-0.4, -0.2) is 36.1 Å². The summed E-state index contributed by atoms with van der Waals surface area (Å²) in [5.41, 5.74) is 0. The molecule has 1 aromatic heterocycles. The van der Waals surface area contributed by atoms with Crippen molar-refractivity contribution < 1.29 is 0 Å². The average Bonchev–Trinajstić information content (AvgIpc) is 2.82. The molecule has 1 aliphatic rings. The third kappa shape index (κ3) is 2.18. The van der Waals surface area contributed by atoms with Gasteiger partial charge in [0.2, 0.25) is 0 Å². The lowest BCUT2D eigenvalue weighted by Crippen LogP contribution is -2.31. The highest BCUT2D eigenvalue weighted by Crippen LogP contribution is 2.21. The number of aromatic nitrogens is 1. The second-order valence-corrected chi connectivity index (χ2v) is 5.04. The number of rotatable bonds is 3. The first-order valence-corrected chi connectivity index (χ1v) is 6.62. The fourth-order valence-corrected chi connectivity index (χ4v) is 2.71. The summed E-state index contributed by atoms with van der Waals surface area (Å²) in [5.74, 6) is 1.01. The number of pyridine rings is 1. The van der Waals surface area contributed by atoms with Gasteiger partial charge in [-0.25, -0.2) is 4.98 Å². The van der Waals surface area contributed by atoms with Crippen LogP contribution in [0.3, 0.4) is 0 Å². The van der Waals surface area contributed by atoms with E-state index in [9.17, 15) is 0 Å². The van der Waals surface area contributed by atoms with Crippen LogP contribution in [0.5, 0.6) is 0 Å². The van der Waals surface area contributed by atoms with Crippen LogP contribution in [-0.2, 0) is 0 Å². The summed E-state index contributed by atoms with van der Waals surface area (Å²) < 4.78 is 0. The van der Waals surface area contributed by atoms with Gasteiger partial charge < -0.3 is 10.2 Å². The van der Waals surface area contributed by atoms with Gasteiger partial charge in [-0.1, -0.05) is 24.3 Å². The molecule has 1 atom stereocenters. The molecule has 0 amide bonds. The molecule has 0 bridgehead atoms. The Morgan fingerprint density at radius 3 is 3.06 bits per heavy atom. The third-order valence-corrected chi connectivity index (χ3v) is 3.85. The minimum absolute atomic E-state index is 0.644. The number of hydrogen-bond acceptors (Lipinski definition) is 3. The highest BCUT2D eigenvalue weighted by atomic mass is 15.2. The van der Waals surface area contributed by atoms with E-state index in [0.29, 0.717) is 6.04 Å². The fraction of sp³-hybridized carbons (Fsp3) is 0.400. The van der Waals surface area contributed by atoms with E-state index in [4.69, 9.17) is 0 Å². The van der Waals surface area contributed by atoms with Crippen molar-refractivity contribution >= 4 is 16.6 Å². The van der Waals surface area contributed by atoms with Gasteiger partial charge in [0.1, 0.15) is 5.82 Å². The molecule has 1 fully saturated rings. The average molecular weight is 241 g/mol. The Morgan fingerprint density at radius 1 is 1.33 bits per heavy atom. The first-order chi connectivity index (χ1) is 8.84. The number of anilines is 1. The highest BCUT2D eigenvalue weighted by molar-refractivity contribution is 5.91. The Hall–Kier alpha value is -1.61. The first kappa shape index (κ1) is 11.5. The molecule has 2 aromatic rings. The predicted molar refractivity (Wildman–Crippen MR) is 75.9 cm³/mol. The zero-order valence-electron chi connectivity index (χ0n) is 10.8. The molecule has 1 unspecified atom stereocenters. The molecule has 18 heavy (non-hydrogen) atoms. The van der Waals surface area contributed by atoms with E-state index in [1.165, 1.54) is 30.2 Å². The van der Waals surface area contributed by atoms with Gasteiger partial charge >= 0.3 is 0 Å². The monoisotopic (exact) mass is 241 g/mol.